The molecule has 0 saturated heterocycles. The lowest BCUT2D eigenvalue weighted by Gasteiger charge is -2.22. The molecule has 1 unspecified atom stereocenters. The molecule has 1 aromatic carbocycles. The summed E-state index contributed by atoms with van der Waals surface area (Å²) >= 11 is 0. The molecule has 1 aromatic heterocycles. The highest BCUT2D eigenvalue weighted by Gasteiger charge is 2.26. The normalized spacial score (nSPS) is 17.3. The molecule has 0 radical (unpaired) electrons. The number of halogens is 1. The number of fused-ring (bicyclic) bond motifs is 1. The highest BCUT2D eigenvalue weighted by molar-refractivity contribution is 5.90. The summed E-state index contributed by atoms with van der Waals surface area (Å²) in [6.07, 6.45) is 2.69. The summed E-state index contributed by atoms with van der Waals surface area (Å²) in [6.45, 7) is 0. The Morgan fingerprint density at radius 1 is 1.42 bits per heavy atom. The first-order valence-corrected chi connectivity index (χ1v) is 5.53. The zero-order chi connectivity index (χ0) is 13.4. The minimum atomic E-state index is -1.13. The fourth-order valence-electron chi connectivity index (χ4n) is 1.99. The van der Waals surface area contributed by atoms with Crippen molar-refractivity contribution in [3.05, 3.63) is 53.7 Å². The first kappa shape index (κ1) is 11.4. The minimum Gasteiger partial charge on any atom is -0.477 e. The van der Waals surface area contributed by atoms with Crippen LogP contribution in [0.2, 0.25) is 0 Å². The molecule has 96 valence electrons. The third-order valence-corrected chi connectivity index (χ3v) is 2.86. The molecule has 7 heteroatoms. The van der Waals surface area contributed by atoms with Crippen LogP contribution in [0.3, 0.4) is 0 Å². The minimum absolute atomic E-state index is 0.0475. The van der Waals surface area contributed by atoms with E-state index in [-0.39, 0.29) is 11.6 Å². The van der Waals surface area contributed by atoms with E-state index >= 15 is 0 Å². The van der Waals surface area contributed by atoms with Crippen LogP contribution in [0.15, 0.2) is 42.4 Å². The first-order chi connectivity index (χ1) is 9.16. The van der Waals surface area contributed by atoms with Crippen LogP contribution in [0.25, 0.3) is 0 Å². The number of hydrogen-bond donors (Lipinski definition) is 2. The van der Waals surface area contributed by atoms with Gasteiger partial charge in [0.2, 0.25) is 5.95 Å². The number of rotatable bonds is 2. The van der Waals surface area contributed by atoms with E-state index in [0.29, 0.717) is 5.56 Å². The van der Waals surface area contributed by atoms with Crippen LogP contribution >= 0.6 is 0 Å². The van der Waals surface area contributed by atoms with E-state index in [1.165, 1.54) is 23.2 Å². The van der Waals surface area contributed by atoms with E-state index in [4.69, 9.17) is 5.11 Å². The Morgan fingerprint density at radius 2 is 2.21 bits per heavy atom. The summed E-state index contributed by atoms with van der Waals surface area (Å²) in [5, 5.41) is 15.7. The van der Waals surface area contributed by atoms with Crippen molar-refractivity contribution in [2.75, 3.05) is 5.32 Å². The fraction of sp³-hybridized carbons (Fsp3) is 0.0833. The molecule has 1 atom stereocenters. The van der Waals surface area contributed by atoms with Crippen LogP contribution in [0, 0.1) is 5.82 Å². The topological polar surface area (TPSA) is 80.0 Å². The number of allylic oxidation sites excluding steroid dienone is 1. The predicted octanol–water partition coefficient (Wildman–Crippen LogP) is 1.40. The van der Waals surface area contributed by atoms with Crippen LogP contribution in [0.4, 0.5) is 10.3 Å². The van der Waals surface area contributed by atoms with E-state index in [1.807, 2.05) is 0 Å². The van der Waals surface area contributed by atoms with Crippen molar-refractivity contribution in [2.45, 2.75) is 6.04 Å². The molecule has 0 amide bonds. The van der Waals surface area contributed by atoms with Gasteiger partial charge in [-0.1, -0.05) is 18.2 Å². The third-order valence-electron chi connectivity index (χ3n) is 2.86. The monoisotopic (exact) mass is 260 g/mol. The fourth-order valence-corrected chi connectivity index (χ4v) is 1.99. The molecule has 0 spiro atoms. The average molecular weight is 260 g/mol. The number of carboxylic acids is 1. The number of anilines is 1. The molecule has 19 heavy (non-hydrogen) atoms. The third kappa shape index (κ3) is 1.85. The average Bonchev–Trinajstić information content (AvgIpc) is 2.86. The van der Waals surface area contributed by atoms with Gasteiger partial charge in [-0.15, -0.1) is 0 Å². The van der Waals surface area contributed by atoms with E-state index in [1.54, 1.807) is 18.2 Å². The Morgan fingerprint density at radius 3 is 2.95 bits per heavy atom. The maximum absolute atomic E-state index is 13.8. The number of nitrogens with zero attached hydrogens (tertiary/aromatic N) is 3. The van der Waals surface area contributed by atoms with Crippen molar-refractivity contribution >= 4 is 11.9 Å². The van der Waals surface area contributed by atoms with Crippen LogP contribution in [-0.4, -0.2) is 25.8 Å². The number of carboxylic acid groups (broad SMARTS) is 1. The van der Waals surface area contributed by atoms with Gasteiger partial charge in [-0.25, -0.2) is 13.9 Å². The lowest BCUT2D eigenvalue weighted by atomic mass is 10.0. The number of hydrogen-bond acceptors (Lipinski definition) is 4. The van der Waals surface area contributed by atoms with Crippen molar-refractivity contribution in [2.24, 2.45) is 0 Å². The van der Waals surface area contributed by atoms with E-state index < -0.39 is 17.8 Å². The Balaban J connectivity index is 2.15. The number of benzene rings is 1. The second-order valence-electron chi connectivity index (χ2n) is 4.01. The van der Waals surface area contributed by atoms with Crippen molar-refractivity contribution in [1.82, 2.24) is 14.8 Å². The molecule has 1 aliphatic heterocycles. The van der Waals surface area contributed by atoms with Crippen molar-refractivity contribution in [3.8, 4) is 0 Å². The van der Waals surface area contributed by atoms with Gasteiger partial charge in [0.25, 0.3) is 0 Å². The number of aromatic nitrogens is 3. The summed E-state index contributed by atoms with van der Waals surface area (Å²) in [4.78, 5) is 15.0. The summed E-state index contributed by atoms with van der Waals surface area (Å²) in [5.74, 6) is -1.28. The maximum atomic E-state index is 13.8. The molecule has 2 aromatic rings. The predicted molar refractivity (Wildman–Crippen MR) is 63.9 cm³/mol. The summed E-state index contributed by atoms with van der Waals surface area (Å²) in [5.41, 5.74) is 0.295. The Hall–Kier alpha value is -2.70. The van der Waals surface area contributed by atoms with Crippen molar-refractivity contribution < 1.29 is 14.3 Å². The summed E-state index contributed by atoms with van der Waals surface area (Å²) < 4.78 is 15.3. The highest BCUT2D eigenvalue weighted by atomic mass is 19.1. The van der Waals surface area contributed by atoms with Gasteiger partial charge in [0.15, 0.2) is 0 Å². The number of carbonyl (C=O) groups is 1. The van der Waals surface area contributed by atoms with E-state index in [9.17, 15) is 9.18 Å². The Labute approximate surface area is 107 Å². The van der Waals surface area contributed by atoms with Gasteiger partial charge in [-0.2, -0.15) is 10.1 Å². The molecule has 3 rings (SSSR count). The van der Waals surface area contributed by atoms with Gasteiger partial charge in [-0.05, 0) is 12.1 Å². The summed E-state index contributed by atoms with van der Waals surface area (Å²) in [7, 11) is 0. The number of nitrogens with one attached hydrogen (secondary N) is 1. The second kappa shape index (κ2) is 4.20. The van der Waals surface area contributed by atoms with Crippen molar-refractivity contribution in [3.63, 3.8) is 0 Å². The molecular weight excluding hydrogens is 251 g/mol. The second-order valence-corrected chi connectivity index (χ2v) is 4.01. The zero-order valence-electron chi connectivity index (χ0n) is 9.62. The van der Waals surface area contributed by atoms with Crippen LogP contribution in [0.1, 0.15) is 11.6 Å². The van der Waals surface area contributed by atoms with Gasteiger partial charge in [0.1, 0.15) is 23.9 Å². The maximum Gasteiger partial charge on any atom is 0.352 e. The highest BCUT2D eigenvalue weighted by Crippen LogP contribution is 2.29. The first-order valence-electron chi connectivity index (χ1n) is 5.53. The molecule has 0 bridgehead atoms. The zero-order valence-corrected chi connectivity index (χ0v) is 9.62. The lowest BCUT2D eigenvalue weighted by molar-refractivity contribution is -0.132. The van der Waals surface area contributed by atoms with E-state index in [2.05, 4.69) is 15.4 Å². The van der Waals surface area contributed by atoms with E-state index in [0.717, 1.165) is 0 Å². The Bertz CT molecular complexity index is 680. The smallest absolute Gasteiger partial charge is 0.352 e. The van der Waals surface area contributed by atoms with Gasteiger partial charge < -0.3 is 10.4 Å². The summed E-state index contributed by atoms with van der Waals surface area (Å²) in [6, 6.07) is 5.54. The Kier molecular flexibility index (Phi) is 2.52. The molecule has 0 fully saturated rings. The molecule has 2 N–H and O–H groups in total. The van der Waals surface area contributed by atoms with Crippen LogP contribution < -0.4 is 5.32 Å². The van der Waals surface area contributed by atoms with Crippen LogP contribution in [0.5, 0.6) is 0 Å². The molecule has 2 heterocycles. The molecule has 1 aliphatic rings. The van der Waals surface area contributed by atoms with Gasteiger partial charge in [0.05, 0.1) is 0 Å². The largest absolute Gasteiger partial charge is 0.477 e. The molecule has 6 nitrogen and oxygen atoms in total. The molecule has 0 saturated carbocycles. The molecule has 0 aliphatic carbocycles. The molecular formula is C12H9FN4O2. The number of aliphatic carboxylic acids is 1. The van der Waals surface area contributed by atoms with Gasteiger partial charge in [-0.3, -0.25) is 0 Å². The van der Waals surface area contributed by atoms with Gasteiger partial charge >= 0.3 is 5.97 Å². The van der Waals surface area contributed by atoms with Crippen molar-refractivity contribution in [1.29, 1.82) is 0 Å². The standard InChI is InChI=1S/C12H9FN4O2/c13-8-4-2-1-3-7(8)10-5-9(11(18)19)16-12-14-6-15-17(10)12/h1-6,10H,(H,18,19)(H,14,15,16). The quantitative estimate of drug-likeness (QED) is 0.853. The van der Waals surface area contributed by atoms with Crippen LogP contribution in [-0.2, 0) is 4.79 Å². The SMILES string of the molecule is O=C(O)C1=CC(c2ccccc2F)n2ncnc2N1. The lowest BCUT2D eigenvalue weighted by Crippen LogP contribution is -2.24. The van der Waals surface area contributed by atoms with Gasteiger partial charge in [0, 0.05) is 5.56 Å².